The number of carbonyl (C=O) groups excluding carboxylic acids is 2. The molecule has 0 saturated carbocycles. The second-order valence-electron chi connectivity index (χ2n) is 2.15. The van der Waals surface area contributed by atoms with Crippen molar-refractivity contribution < 1.29 is 19.8 Å². The third kappa shape index (κ3) is 3.06. The van der Waals surface area contributed by atoms with E-state index in [1.807, 2.05) is 0 Å². The monoisotopic (exact) mass is 284 g/mol. The number of hydrogen-bond acceptors (Lipinski definition) is 4. The number of rotatable bonds is 2. The predicted molar refractivity (Wildman–Crippen MR) is 40.9 cm³/mol. The largest absolute Gasteiger partial charge is 2.00 e. The van der Waals surface area contributed by atoms with Crippen molar-refractivity contribution in [2.75, 3.05) is 0 Å². The molecule has 2 radical (unpaired) electrons. The zero-order valence-corrected chi connectivity index (χ0v) is 9.30. The van der Waals surface area contributed by atoms with Crippen molar-refractivity contribution >= 4 is 35.8 Å². The molecule has 5 heteroatoms. The van der Waals surface area contributed by atoms with Crippen LogP contribution in [0.4, 0.5) is 0 Å². The molecule has 4 nitrogen and oxygen atoms in total. The van der Waals surface area contributed by atoms with Crippen molar-refractivity contribution in [3.05, 3.63) is 35.4 Å². The van der Waals surface area contributed by atoms with Crippen molar-refractivity contribution in [2.45, 2.75) is 0 Å². The van der Waals surface area contributed by atoms with Gasteiger partial charge in [0.25, 0.3) is 0 Å². The van der Waals surface area contributed by atoms with Crippen LogP contribution in [0.2, 0.25) is 0 Å². The van der Waals surface area contributed by atoms with Crippen LogP contribution in [0.1, 0.15) is 20.7 Å². The number of benzene rings is 1. The first kappa shape index (κ1) is 12.0. The van der Waals surface area contributed by atoms with E-state index in [2.05, 4.69) is 0 Å². The van der Waals surface area contributed by atoms with E-state index in [-0.39, 0.29) is 35.0 Å². The molecule has 1 aromatic carbocycles. The molecule has 0 unspecified atom stereocenters. The Bertz CT molecular complexity index is 284. The van der Waals surface area contributed by atoms with E-state index in [0.717, 1.165) is 24.3 Å². The van der Waals surface area contributed by atoms with Gasteiger partial charge in [-0.05, 0) is 11.1 Å². The van der Waals surface area contributed by atoms with Crippen molar-refractivity contribution in [1.82, 2.24) is 0 Å². The second kappa shape index (κ2) is 4.86. The summed E-state index contributed by atoms with van der Waals surface area (Å²) >= 11 is 0. The Morgan fingerprint density at radius 2 is 1.08 bits per heavy atom. The predicted octanol–water partition coefficient (Wildman–Crippen LogP) is -1.97. The zero-order chi connectivity index (χ0) is 9.14. The molecule has 0 heterocycles. The van der Waals surface area contributed by atoms with Gasteiger partial charge in [0.2, 0.25) is 0 Å². The molecule has 0 bridgehead atoms. The van der Waals surface area contributed by atoms with Gasteiger partial charge in [-0.15, -0.1) is 0 Å². The average molecular weight is 283 g/mol. The van der Waals surface area contributed by atoms with E-state index in [1.54, 1.807) is 0 Å². The molecule has 1 rings (SSSR count). The standard InChI is InChI=1S/C8H6O4.Sn/c9-7(10)5-1-2-6(4-3-5)8(11)12;/h1-4H,(H,9,10)(H,11,12);/q;+2/p-2. The first-order valence-electron chi connectivity index (χ1n) is 3.14. The summed E-state index contributed by atoms with van der Waals surface area (Å²) < 4.78 is 0. The van der Waals surface area contributed by atoms with Crippen LogP contribution in [0, 0.1) is 0 Å². The van der Waals surface area contributed by atoms with Crippen LogP contribution in [0.3, 0.4) is 0 Å². The van der Waals surface area contributed by atoms with Crippen molar-refractivity contribution in [2.24, 2.45) is 0 Å². The summed E-state index contributed by atoms with van der Waals surface area (Å²) in [6, 6.07) is 4.61. The SMILES string of the molecule is O=C([O-])c1ccc(C(=O)[O-])cc1.[Sn+2]. The average Bonchev–Trinajstić information content (AvgIpc) is 2.04. The first-order valence-corrected chi connectivity index (χ1v) is 3.14. The summed E-state index contributed by atoms with van der Waals surface area (Å²) in [5, 5.41) is 20.4. The quantitative estimate of drug-likeness (QED) is 0.590. The minimum absolute atomic E-state index is 0. The molecule has 0 aliphatic carbocycles. The fourth-order valence-corrected chi connectivity index (χ4v) is 0.742. The Hall–Kier alpha value is -1.04. The van der Waals surface area contributed by atoms with Crippen LogP contribution in [-0.4, -0.2) is 35.8 Å². The Labute approximate surface area is 91.2 Å². The summed E-state index contributed by atoms with van der Waals surface area (Å²) in [4.78, 5) is 20.4. The number of carbonyl (C=O) groups is 2. The molecular formula is C8H4O4Sn. The fraction of sp³-hybridized carbons (Fsp3) is 0. The van der Waals surface area contributed by atoms with E-state index in [4.69, 9.17) is 0 Å². The summed E-state index contributed by atoms with van der Waals surface area (Å²) in [6.07, 6.45) is 0. The Kier molecular flexibility index (Phi) is 4.47. The molecule has 0 aliphatic heterocycles. The maximum atomic E-state index is 10.2. The number of carboxylic acids is 2. The topological polar surface area (TPSA) is 80.3 Å². The zero-order valence-electron chi connectivity index (χ0n) is 6.44. The minimum Gasteiger partial charge on any atom is -0.545 e. The Balaban J connectivity index is 0.00000144. The maximum absolute atomic E-state index is 10.2. The van der Waals surface area contributed by atoms with Crippen molar-refractivity contribution in [3.63, 3.8) is 0 Å². The normalized spacial score (nSPS) is 8.62. The van der Waals surface area contributed by atoms with Crippen LogP contribution in [0.25, 0.3) is 0 Å². The van der Waals surface area contributed by atoms with E-state index in [0.29, 0.717) is 0 Å². The Morgan fingerprint density at radius 1 is 0.846 bits per heavy atom. The summed E-state index contributed by atoms with van der Waals surface area (Å²) in [7, 11) is 0. The Morgan fingerprint density at radius 3 is 1.23 bits per heavy atom. The summed E-state index contributed by atoms with van der Waals surface area (Å²) in [6.45, 7) is 0. The van der Waals surface area contributed by atoms with E-state index < -0.39 is 11.9 Å². The molecule has 0 aromatic heterocycles. The fourth-order valence-electron chi connectivity index (χ4n) is 0.742. The number of aromatic carboxylic acids is 2. The van der Waals surface area contributed by atoms with Gasteiger partial charge in [-0.1, -0.05) is 24.3 Å². The van der Waals surface area contributed by atoms with Gasteiger partial charge in [-0.25, -0.2) is 0 Å². The van der Waals surface area contributed by atoms with Crippen LogP contribution in [0.15, 0.2) is 24.3 Å². The molecule has 0 fully saturated rings. The molecule has 13 heavy (non-hydrogen) atoms. The third-order valence-electron chi connectivity index (χ3n) is 1.36. The third-order valence-corrected chi connectivity index (χ3v) is 1.36. The molecule has 64 valence electrons. The number of carboxylic acid groups (broad SMARTS) is 2. The molecule has 1 aromatic rings. The number of hydrogen-bond donors (Lipinski definition) is 0. The molecular weight excluding hydrogens is 279 g/mol. The van der Waals surface area contributed by atoms with Gasteiger partial charge < -0.3 is 19.8 Å². The molecule has 0 atom stereocenters. The van der Waals surface area contributed by atoms with Gasteiger partial charge in [0.05, 0.1) is 11.9 Å². The van der Waals surface area contributed by atoms with Crippen LogP contribution in [0.5, 0.6) is 0 Å². The van der Waals surface area contributed by atoms with E-state index >= 15 is 0 Å². The van der Waals surface area contributed by atoms with Gasteiger partial charge in [-0.3, -0.25) is 0 Å². The molecule has 0 saturated heterocycles. The summed E-state index contributed by atoms with van der Waals surface area (Å²) in [5.41, 5.74) is -0.111. The minimum atomic E-state index is -1.33. The van der Waals surface area contributed by atoms with Gasteiger partial charge in [-0.2, -0.15) is 0 Å². The van der Waals surface area contributed by atoms with Crippen LogP contribution < -0.4 is 10.2 Å². The molecule has 0 spiro atoms. The second-order valence-corrected chi connectivity index (χ2v) is 2.15. The van der Waals surface area contributed by atoms with Crippen LogP contribution in [-0.2, 0) is 0 Å². The van der Waals surface area contributed by atoms with Gasteiger partial charge in [0, 0.05) is 0 Å². The van der Waals surface area contributed by atoms with Crippen LogP contribution >= 0.6 is 0 Å². The maximum Gasteiger partial charge on any atom is 2.00 e. The summed E-state index contributed by atoms with van der Waals surface area (Å²) in [5.74, 6) is -2.67. The van der Waals surface area contributed by atoms with Crippen molar-refractivity contribution in [1.29, 1.82) is 0 Å². The van der Waals surface area contributed by atoms with Gasteiger partial charge in [0.1, 0.15) is 0 Å². The van der Waals surface area contributed by atoms with Gasteiger partial charge in [0.15, 0.2) is 0 Å². The van der Waals surface area contributed by atoms with E-state index in [1.165, 1.54) is 0 Å². The molecule has 0 aliphatic rings. The molecule has 0 N–H and O–H groups in total. The smallest absolute Gasteiger partial charge is 0.545 e. The molecule has 0 amide bonds. The van der Waals surface area contributed by atoms with E-state index in [9.17, 15) is 19.8 Å². The van der Waals surface area contributed by atoms with Gasteiger partial charge >= 0.3 is 23.9 Å². The van der Waals surface area contributed by atoms with Crippen molar-refractivity contribution in [3.8, 4) is 0 Å². The first-order chi connectivity index (χ1) is 5.61.